The molecule has 1 aliphatic rings. The van der Waals surface area contributed by atoms with E-state index in [-0.39, 0.29) is 22.9 Å². The Kier molecular flexibility index (Phi) is 7.62. The summed E-state index contributed by atoms with van der Waals surface area (Å²) in [5, 5.41) is 11.3. The van der Waals surface area contributed by atoms with E-state index in [9.17, 15) is 32.9 Å². The highest BCUT2D eigenvalue weighted by molar-refractivity contribution is 9.10. The monoisotopic (exact) mass is 612 g/mol. The summed E-state index contributed by atoms with van der Waals surface area (Å²) in [6, 6.07) is 13.3. The van der Waals surface area contributed by atoms with E-state index in [0.717, 1.165) is 22.7 Å². The van der Waals surface area contributed by atoms with Crippen molar-refractivity contribution < 1.29 is 32.4 Å². The molecule has 0 spiro atoms. The molecular weight excluding hydrogens is 601 g/mol. The number of carbonyl (C=O) groups is 2. The molecule has 0 atom stereocenters. The molecule has 1 fully saturated rings. The van der Waals surface area contributed by atoms with Crippen molar-refractivity contribution in [3.05, 3.63) is 102 Å². The number of hydrogen-bond acceptors (Lipinski definition) is 6. The second-order valence-electron chi connectivity index (χ2n) is 7.59. The Balaban J connectivity index is 1.55. The van der Waals surface area contributed by atoms with Crippen LogP contribution in [0.25, 0.3) is 6.08 Å². The highest BCUT2D eigenvalue weighted by Gasteiger charge is 2.36. The summed E-state index contributed by atoms with van der Waals surface area (Å²) >= 11 is 10.2. The molecule has 2 amide bonds. The average Bonchev–Trinajstić information content (AvgIpc) is 3.08. The number of nitro benzene ring substituents is 1. The van der Waals surface area contributed by atoms with Crippen LogP contribution in [-0.2, 0) is 17.5 Å². The number of ether oxygens (including phenoxy) is 1. The van der Waals surface area contributed by atoms with Crippen molar-refractivity contribution in [2.45, 2.75) is 12.7 Å². The third kappa shape index (κ3) is 5.97. The lowest BCUT2D eigenvalue weighted by atomic mass is 10.1. The smallest absolute Gasteiger partial charge is 0.416 e. The first kappa shape index (κ1) is 26.7. The van der Waals surface area contributed by atoms with Gasteiger partial charge in [-0.3, -0.25) is 24.6 Å². The topological polar surface area (TPSA) is 89.7 Å². The van der Waals surface area contributed by atoms with Gasteiger partial charge in [-0.25, -0.2) is 0 Å². The fraction of sp³-hybridized carbons (Fsp3) is 0.0833. The Labute approximate surface area is 225 Å². The fourth-order valence-electron chi connectivity index (χ4n) is 3.32. The Bertz CT molecular complexity index is 1460. The molecule has 3 aromatic carbocycles. The van der Waals surface area contributed by atoms with Crippen LogP contribution < -0.4 is 4.74 Å². The van der Waals surface area contributed by atoms with Crippen LogP contribution in [0, 0.1) is 10.1 Å². The molecule has 0 aromatic heterocycles. The van der Waals surface area contributed by atoms with Gasteiger partial charge in [0, 0.05) is 11.1 Å². The largest absolute Gasteiger partial charge is 0.449 e. The first-order valence-electron chi connectivity index (χ1n) is 10.3. The zero-order chi connectivity index (χ0) is 26.9. The van der Waals surface area contributed by atoms with Gasteiger partial charge < -0.3 is 4.74 Å². The Morgan fingerprint density at radius 2 is 1.78 bits per heavy atom. The maximum atomic E-state index is 12.9. The number of benzene rings is 3. The first-order chi connectivity index (χ1) is 17.4. The summed E-state index contributed by atoms with van der Waals surface area (Å²) in [6.45, 7) is 0.0179. The molecule has 7 nitrogen and oxygen atoms in total. The Hall–Kier alpha value is -3.35. The van der Waals surface area contributed by atoms with Crippen molar-refractivity contribution in [1.29, 1.82) is 0 Å². The Morgan fingerprint density at radius 3 is 2.43 bits per heavy atom. The number of nitrogens with zero attached hydrogens (tertiary/aromatic N) is 2. The molecule has 37 heavy (non-hydrogen) atoms. The van der Waals surface area contributed by atoms with Gasteiger partial charge in [-0.15, -0.1) is 0 Å². The highest BCUT2D eigenvalue weighted by atomic mass is 79.9. The second-order valence-corrected chi connectivity index (χ2v) is 9.84. The molecule has 0 aliphatic carbocycles. The zero-order valence-corrected chi connectivity index (χ0v) is 21.5. The lowest BCUT2D eigenvalue weighted by molar-refractivity contribution is -0.385. The van der Waals surface area contributed by atoms with Gasteiger partial charge in [-0.05, 0) is 75.2 Å². The highest BCUT2D eigenvalue weighted by Crippen LogP contribution is 2.40. The molecule has 0 bridgehead atoms. The molecule has 0 unspecified atom stereocenters. The number of thioether (sulfide) groups is 1. The van der Waals surface area contributed by atoms with Crippen molar-refractivity contribution in [3.63, 3.8) is 0 Å². The van der Waals surface area contributed by atoms with Crippen molar-refractivity contribution in [1.82, 2.24) is 4.90 Å². The van der Waals surface area contributed by atoms with E-state index in [1.807, 2.05) is 0 Å². The van der Waals surface area contributed by atoms with Crippen molar-refractivity contribution in [2.75, 3.05) is 0 Å². The van der Waals surface area contributed by atoms with Crippen LogP contribution in [0.1, 0.15) is 16.7 Å². The summed E-state index contributed by atoms with van der Waals surface area (Å²) < 4.78 is 44.6. The third-order valence-electron chi connectivity index (χ3n) is 5.12. The van der Waals surface area contributed by atoms with Crippen LogP contribution in [0.5, 0.6) is 11.5 Å². The van der Waals surface area contributed by atoms with Gasteiger partial charge in [0.1, 0.15) is 5.75 Å². The van der Waals surface area contributed by atoms with Crippen LogP contribution >= 0.6 is 39.3 Å². The molecule has 1 saturated heterocycles. The minimum absolute atomic E-state index is 0.0179. The van der Waals surface area contributed by atoms with Gasteiger partial charge in [-0.2, -0.15) is 13.2 Å². The van der Waals surface area contributed by atoms with E-state index in [1.165, 1.54) is 24.3 Å². The maximum Gasteiger partial charge on any atom is 0.416 e. The van der Waals surface area contributed by atoms with E-state index < -0.39 is 33.5 Å². The minimum atomic E-state index is -4.75. The predicted octanol–water partition coefficient (Wildman–Crippen LogP) is 8.06. The summed E-state index contributed by atoms with van der Waals surface area (Å²) in [5.74, 6) is -0.786. The summed E-state index contributed by atoms with van der Waals surface area (Å²) in [4.78, 5) is 36.8. The summed E-state index contributed by atoms with van der Waals surface area (Å²) in [6.07, 6.45) is -3.26. The minimum Gasteiger partial charge on any atom is -0.449 e. The molecule has 190 valence electrons. The van der Waals surface area contributed by atoms with Crippen LogP contribution in [-0.4, -0.2) is 21.0 Å². The van der Waals surface area contributed by atoms with Crippen LogP contribution in [0.4, 0.5) is 23.7 Å². The van der Waals surface area contributed by atoms with Gasteiger partial charge in [0.2, 0.25) is 5.75 Å². The van der Waals surface area contributed by atoms with Crippen LogP contribution in [0.3, 0.4) is 0 Å². The number of nitro groups is 1. The lowest BCUT2D eigenvalue weighted by Gasteiger charge is -2.13. The Morgan fingerprint density at radius 1 is 1.08 bits per heavy atom. The third-order valence-corrected chi connectivity index (χ3v) is 7.01. The normalized spacial score (nSPS) is 14.9. The van der Waals surface area contributed by atoms with E-state index in [0.29, 0.717) is 32.8 Å². The van der Waals surface area contributed by atoms with Gasteiger partial charge in [0.25, 0.3) is 11.1 Å². The van der Waals surface area contributed by atoms with Gasteiger partial charge in [0.15, 0.2) is 0 Å². The number of carbonyl (C=O) groups excluding carboxylic acids is 2. The van der Waals surface area contributed by atoms with E-state index in [1.54, 1.807) is 24.3 Å². The molecule has 0 saturated carbocycles. The molecule has 13 heteroatoms. The molecule has 0 N–H and O–H groups in total. The van der Waals surface area contributed by atoms with E-state index in [2.05, 4.69) is 15.9 Å². The summed E-state index contributed by atoms with van der Waals surface area (Å²) in [7, 11) is 0. The number of amides is 2. The van der Waals surface area contributed by atoms with Crippen LogP contribution in [0.15, 0.2) is 70.0 Å². The molecule has 1 heterocycles. The SMILES string of the molecule is O=C1S/C(=C\c2ccc(Oc3ccc(C(F)(F)F)cc3[N+](=O)[O-])c(Br)c2)C(=O)N1Cc1ccccc1Cl. The van der Waals surface area contributed by atoms with Crippen molar-refractivity contribution in [2.24, 2.45) is 0 Å². The first-order valence-corrected chi connectivity index (χ1v) is 12.2. The predicted molar refractivity (Wildman–Crippen MR) is 135 cm³/mol. The standard InChI is InChI=1S/C24H13BrClF3N2O5S/c25-16-9-13(10-21-22(32)30(23(33)37-21)12-14-3-1-2-4-17(14)26)5-7-19(16)36-20-8-6-15(24(27,28)29)11-18(20)31(34)35/h1-11H,12H2/b21-10-. The zero-order valence-electron chi connectivity index (χ0n) is 18.3. The molecule has 3 aromatic rings. The van der Waals surface area contributed by atoms with Crippen molar-refractivity contribution in [3.8, 4) is 11.5 Å². The second kappa shape index (κ2) is 10.6. The molecule has 0 radical (unpaired) electrons. The molecule has 4 rings (SSSR count). The quantitative estimate of drug-likeness (QED) is 0.159. The number of imide groups is 1. The van der Waals surface area contributed by atoms with E-state index >= 15 is 0 Å². The number of halogens is 5. The van der Waals surface area contributed by atoms with Crippen LogP contribution in [0.2, 0.25) is 5.02 Å². The lowest BCUT2D eigenvalue weighted by Crippen LogP contribution is -2.27. The average molecular weight is 614 g/mol. The molecule has 1 aliphatic heterocycles. The summed E-state index contributed by atoms with van der Waals surface area (Å²) in [5.41, 5.74) is -0.902. The number of hydrogen-bond donors (Lipinski definition) is 0. The maximum absolute atomic E-state index is 12.9. The van der Waals surface area contributed by atoms with Gasteiger partial charge in [-0.1, -0.05) is 35.9 Å². The van der Waals surface area contributed by atoms with Crippen molar-refractivity contribution >= 4 is 62.2 Å². The van der Waals surface area contributed by atoms with Gasteiger partial charge in [0.05, 0.1) is 26.4 Å². The number of alkyl halides is 3. The molecular formula is C24H13BrClF3N2O5S. The van der Waals surface area contributed by atoms with E-state index in [4.69, 9.17) is 16.3 Å². The number of rotatable bonds is 6. The fourth-order valence-corrected chi connectivity index (χ4v) is 4.83. The van der Waals surface area contributed by atoms with Gasteiger partial charge >= 0.3 is 11.9 Å².